The molecule has 17 heavy (non-hydrogen) atoms. The van der Waals surface area contributed by atoms with E-state index in [0.717, 1.165) is 0 Å². The zero-order valence-corrected chi connectivity index (χ0v) is 11.3. The van der Waals surface area contributed by atoms with E-state index >= 15 is 0 Å². The molecule has 0 radical (unpaired) electrons. The highest BCUT2D eigenvalue weighted by molar-refractivity contribution is 9.10. The highest BCUT2D eigenvalue weighted by Crippen LogP contribution is 2.20. The van der Waals surface area contributed by atoms with Crippen molar-refractivity contribution in [2.24, 2.45) is 0 Å². The molecule has 0 heterocycles. The standard InChI is InChI=1S/C12H15BrFNO2/c1-3-12(2,7-16)15-11(17)10-8(13)5-4-6-9(10)14/h4-6,16H,3,7H2,1-2H3,(H,15,17). The van der Waals surface area contributed by atoms with E-state index in [0.29, 0.717) is 10.9 Å². The van der Waals surface area contributed by atoms with E-state index < -0.39 is 17.3 Å². The van der Waals surface area contributed by atoms with Gasteiger partial charge in [-0.2, -0.15) is 0 Å². The second-order valence-electron chi connectivity index (χ2n) is 4.12. The fourth-order valence-corrected chi connectivity index (χ4v) is 1.81. The largest absolute Gasteiger partial charge is 0.394 e. The maximum absolute atomic E-state index is 13.5. The number of aliphatic hydroxyl groups is 1. The Morgan fingerprint density at radius 2 is 2.24 bits per heavy atom. The summed E-state index contributed by atoms with van der Waals surface area (Å²) in [6.45, 7) is 3.36. The molecule has 1 rings (SSSR count). The van der Waals surface area contributed by atoms with Crippen LogP contribution in [0.1, 0.15) is 30.6 Å². The van der Waals surface area contributed by atoms with Crippen LogP contribution < -0.4 is 5.32 Å². The smallest absolute Gasteiger partial charge is 0.255 e. The lowest BCUT2D eigenvalue weighted by molar-refractivity contribution is 0.0842. The minimum Gasteiger partial charge on any atom is -0.394 e. The second kappa shape index (κ2) is 5.60. The van der Waals surface area contributed by atoms with Crippen LogP contribution in [0.5, 0.6) is 0 Å². The molecule has 5 heteroatoms. The predicted molar refractivity (Wildman–Crippen MR) is 67.3 cm³/mol. The van der Waals surface area contributed by atoms with E-state index in [4.69, 9.17) is 0 Å². The molecule has 0 bridgehead atoms. The monoisotopic (exact) mass is 303 g/mol. The van der Waals surface area contributed by atoms with Gasteiger partial charge < -0.3 is 10.4 Å². The average Bonchev–Trinajstić information content (AvgIpc) is 2.28. The van der Waals surface area contributed by atoms with Crippen LogP contribution in [0, 0.1) is 5.82 Å². The molecule has 1 aromatic rings. The SMILES string of the molecule is CCC(C)(CO)NC(=O)c1c(F)cccc1Br. The lowest BCUT2D eigenvalue weighted by Gasteiger charge is -2.27. The zero-order chi connectivity index (χ0) is 13.1. The van der Waals surface area contributed by atoms with Crippen LogP contribution in [-0.2, 0) is 0 Å². The predicted octanol–water partition coefficient (Wildman–Crippen LogP) is 2.48. The van der Waals surface area contributed by atoms with Crippen molar-refractivity contribution in [2.45, 2.75) is 25.8 Å². The number of hydrogen-bond donors (Lipinski definition) is 2. The number of rotatable bonds is 4. The van der Waals surface area contributed by atoms with Crippen LogP contribution in [0.15, 0.2) is 22.7 Å². The fourth-order valence-electron chi connectivity index (χ4n) is 1.29. The number of amides is 1. The van der Waals surface area contributed by atoms with Gasteiger partial charge in [0.15, 0.2) is 0 Å². The molecular weight excluding hydrogens is 289 g/mol. The van der Waals surface area contributed by atoms with Gasteiger partial charge in [0.2, 0.25) is 0 Å². The maximum atomic E-state index is 13.5. The summed E-state index contributed by atoms with van der Waals surface area (Å²) >= 11 is 3.14. The van der Waals surface area contributed by atoms with E-state index in [1.165, 1.54) is 12.1 Å². The molecule has 1 aromatic carbocycles. The summed E-state index contributed by atoms with van der Waals surface area (Å²) in [6.07, 6.45) is 0.557. The Kier molecular flexibility index (Phi) is 4.65. The zero-order valence-electron chi connectivity index (χ0n) is 9.76. The molecule has 0 aliphatic rings. The topological polar surface area (TPSA) is 49.3 Å². The van der Waals surface area contributed by atoms with Gasteiger partial charge in [0.25, 0.3) is 5.91 Å². The molecule has 0 aliphatic carbocycles. The van der Waals surface area contributed by atoms with Crippen molar-refractivity contribution in [2.75, 3.05) is 6.61 Å². The van der Waals surface area contributed by atoms with Gasteiger partial charge in [-0.3, -0.25) is 4.79 Å². The van der Waals surface area contributed by atoms with Crippen LogP contribution in [0.25, 0.3) is 0 Å². The molecule has 3 nitrogen and oxygen atoms in total. The number of benzene rings is 1. The lowest BCUT2D eigenvalue weighted by atomic mass is 9.99. The Hall–Kier alpha value is -0.940. The molecule has 2 N–H and O–H groups in total. The molecule has 1 amide bonds. The van der Waals surface area contributed by atoms with E-state index in [1.54, 1.807) is 13.0 Å². The third-order valence-electron chi connectivity index (χ3n) is 2.73. The minimum atomic E-state index is -0.737. The Labute approximate surface area is 108 Å². The van der Waals surface area contributed by atoms with Crippen molar-refractivity contribution in [1.29, 1.82) is 0 Å². The second-order valence-corrected chi connectivity index (χ2v) is 4.98. The van der Waals surface area contributed by atoms with Gasteiger partial charge in [0, 0.05) is 4.47 Å². The molecular formula is C12H15BrFNO2. The van der Waals surface area contributed by atoms with Gasteiger partial charge in [-0.1, -0.05) is 13.0 Å². The molecule has 1 atom stereocenters. The number of hydrogen-bond acceptors (Lipinski definition) is 2. The summed E-state index contributed by atoms with van der Waals surface area (Å²) in [5, 5.41) is 11.8. The van der Waals surface area contributed by atoms with Crippen LogP contribution >= 0.6 is 15.9 Å². The first-order valence-corrected chi connectivity index (χ1v) is 6.10. The van der Waals surface area contributed by atoms with Crippen LogP contribution in [-0.4, -0.2) is 23.2 Å². The normalized spacial score (nSPS) is 14.2. The lowest BCUT2D eigenvalue weighted by Crippen LogP contribution is -2.48. The molecule has 94 valence electrons. The van der Waals surface area contributed by atoms with Gasteiger partial charge in [0.1, 0.15) is 5.82 Å². The summed E-state index contributed by atoms with van der Waals surface area (Å²) < 4.78 is 13.9. The van der Waals surface area contributed by atoms with Gasteiger partial charge in [0.05, 0.1) is 17.7 Å². The summed E-state index contributed by atoms with van der Waals surface area (Å²) in [6, 6.07) is 4.34. The Balaban J connectivity index is 2.98. The molecule has 0 fully saturated rings. The number of aliphatic hydroxyl groups excluding tert-OH is 1. The van der Waals surface area contributed by atoms with Crippen LogP contribution in [0.4, 0.5) is 4.39 Å². The Morgan fingerprint density at radius 3 is 2.71 bits per heavy atom. The van der Waals surface area contributed by atoms with Crippen molar-refractivity contribution in [1.82, 2.24) is 5.32 Å². The van der Waals surface area contributed by atoms with Gasteiger partial charge in [-0.05, 0) is 41.4 Å². The van der Waals surface area contributed by atoms with Gasteiger partial charge >= 0.3 is 0 Å². The highest BCUT2D eigenvalue weighted by Gasteiger charge is 2.26. The third kappa shape index (κ3) is 3.26. The van der Waals surface area contributed by atoms with Crippen molar-refractivity contribution in [3.8, 4) is 0 Å². The highest BCUT2D eigenvalue weighted by atomic mass is 79.9. The van der Waals surface area contributed by atoms with Crippen molar-refractivity contribution in [3.63, 3.8) is 0 Å². The molecule has 0 saturated carbocycles. The first-order chi connectivity index (χ1) is 7.93. The van der Waals surface area contributed by atoms with Crippen molar-refractivity contribution in [3.05, 3.63) is 34.1 Å². The molecule has 0 aromatic heterocycles. The van der Waals surface area contributed by atoms with Crippen molar-refractivity contribution < 1.29 is 14.3 Å². The molecule has 0 saturated heterocycles. The van der Waals surface area contributed by atoms with E-state index in [-0.39, 0.29) is 12.2 Å². The first-order valence-electron chi connectivity index (χ1n) is 5.31. The summed E-state index contributed by atoms with van der Waals surface area (Å²) in [5.41, 5.74) is -0.778. The quantitative estimate of drug-likeness (QED) is 0.898. The number of carbonyl (C=O) groups excluding carboxylic acids is 1. The van der Waals surface area contributed by atoms with E-state index in [2.05, 4.69) is 21.2 Å². The Morgan fingerprint density at radius 1 is 1.59 bits per heavy atom. The fraction of sp³-hybridized carbons (Fsp3) is 0.417. The van der Waals surface area contributed by atoms with Crippen LogP contribution in [0.2, 0.25) is 0 Å². The third-order valence-corrected chi connectivity index (χ3v) is 3.40. The average molecular weight is 304 g/mol. The number of nitrogens with one attached hydrogen (secondary N) is 1. The number of halogens is 2. The Bertz CT molecular complexity index is 399. The molecule has 0 aliphatic heterocycles. The summed E-state index contributed by atoms with van der Waals surface area (Å²) in [7, 11) is 0. The maximum Gasteiger partial charge on any atom is 0.255 e. The first kappa shape index (κ1) is 14.1. The summed E-state index contributed by atoms with van der Waals surface area (Å²) in [4.78, 5) is 11.9. The van der Waals surface area contributed by atoms with Crippen molar-refractivity contribution >= 4 is 21.8 Å². The minimum absolute atomic E-state index is 0.0411. The molecule has 1 unspecified atom stereocenters. The van der Waals surface area contributed by atoms with Gasteiger partial charge in [-0.15, -0.1) is 0 Å². The van der Waals surface area contributed by atoms with E-state index in [1.807, 2.05) is 6.92 Å². The molecule has 0 spiro atoms. The van der Waals surface area contributed by atoms with Gasteiger partial charge in [-0.25, -0.2) is 4.39 Å². The number of carbonyl (C=O) groups is 1. The van der Waals surface area contributed by atoms with Crippen LogP contribution in [0.3, 0.4) is 0 Å². The van der Waals surface area contributed by atoms with E-state index in [9.17, 15) is 14.3 Å². The summed E-state index contributed by atoms with van der Waals surface area (Å²) in [5.74, 6) is -1.12.